The van der Waals surface area contributed by atoms with Gasteiger partial charge in [-0.25, -0.2) is 9.97 Å². The third-order valence-corrected chi connectivity index (χ3v) is 5.29. The van der Waals surface area contributed by atoms with E-state index in [0.29, 0.717) is 12.5 Å². The fraction of sp³-hybridized carbons (Fsp3) is 0.471. The van der Waals surface area contributed by atoms with Gasteiger partial charge in [0.2, 0.25) is 5.13 Å². The number of aromatic amines is 1. The molecule has 1 fully saturated rings. The summed E-state index contributed by atoms with van der Waals surface area (Å²) < 4.78 is 9.55. The molecule has 24 heavy (non-hydrogen) atoms. The van der Waals surface area contributed by atoms with Crippen molar-refractivity contribution in [2.75, 3.05) is 31.7 Å². The standard InChI is InChI=1S/C17H21N5OS/c1-23-10-8-15-20-17(24-21-15)22-9-4-5-12(11-22)16-18-13-6-2-3-7-14(13)19-16/h2-3,6-7,12H,4-5,8-11H2,1H3,(H,18,19). The molecule has 1 unspecified atom stereocenters. The Kier molecular flexibility index (Phi) is 4.44. The molecule has 1 aliphatic heterocycles. The van der Waals surface area contributed by atoms with Gasteiger partial charge in [0.15, 0.2) is 0 Å². The zero-order valence-corrected chi connectivity index (χ0v) is 14.6. The predicted molar refractivity (Wildman–Crippen MR) is 95.8 cm³/mol. The van der Waals surface area contributed by atoms with Crippen LogP contribution in [0.5, 0.6) is 0 Å². The number of rotatable bonds is 5. The maximum absolute atomic E-state index is 5.10. The predicted octanol–water partition coefficient (Wildman–Crippen LogP) is 2.99. The van der Waals surface area contributed by atoms with Gasteiger partial charge in [0.1, 0.15) is 11.6 Å². The molecule has 0 saturated carbocycles. The maximum Gasteiger partial charge on any atom is 0.205 e. The second kappa shape index (κ2) is 6.86. The SMILES string of the molecule is COCCc1nsc(N2CCCC(c3nc4ccccc4[nH]3)C2)n1. The highest BCUT2D eigenvalue weighted by Gasteiger charge is 2.25. The molecule has 7 heteroatoms. The van der Waals surface area contributed by atoms with Crippen molar-refractivity contribution in [3.63, 3.8) is 0 Å². The fourth-order valence-electron chi connectivity index (χ4n) is 3.21. The van der Waals surface area contributed by atoms with Gasteiger partial charge < -0.3 is 14.6 Å². The van der Waals surface area contributed by atoms with E-state index in [1.54, 1.807) is 7.11 Å². The molecule has 0 amide bonds. The van der Waals surface area contributed by atoms with E-state index < -0.39 is 0 Å². The normalized spacial score (nSPS) is 18.4. The molecule has 4 rings (SSSR count). The smallest absolute Gasteiger partial charge is 0.205 e. The van der Waals surface area contributed by atoms with Crippen LogP contribution in [-0.4, -0.2) is 46.1 Å². The van der Waals surface area contributed by atoms with Crippen LogP contribution in [0.1, 0.15) is 30.4 Å². The highest BCUT2D eigenvalue weighted by Crippen LogP contribution is 2.30. The number of hydrogen-bond acceptors (Lipinski definition) is 6. The van der Waals surface area contributed by atoms with E-state index in [1.165, 1.54) is 11.5 Å². The number of nitrogens with one attached hydrogen (secondary N) is 1. The summed E-state index contributed by atoms with van der Waals surface area (Å²) in [6, 6.07) is 8.21. The highest BCUT2D eigenvalue weighted by molar-refractivity contribution is 7.09. The molecule has 0 bridgehead atoms. The van der Waals surface area contributed by atoms with E-state index in [0.717, 1.165) is 60.2 Å². The van der Waals surface area contributed by atoms with Crippen LogP contribution >= 0.6 is 11.5 Å². The van der Waals surface area contributed by atoms with Crippen molar-refractivity contribution in [2.24, 2.45) is 0 Å². The summed E-state index contributed by atoms with van der Waals surface area (Å²) in [5.41, 5.74) is 2.16. The first-order valence-electron chi connectivity index (χ1n) is 8.34. The molecule has 0 aliphatic carbocycles. The third kappa shape index (κ3) is 3.14. The van der Waals surface area contributed by atoms with E-state index in [-0.39, 0.29) is 0 Å². The number of para-hydroxylation sites is 2. The molecule has 1 aliphatic rings. The zero-order valence-electron chi connectivity index (χ0n) is 13.7. The van der Waals surface area contributed by atoms with E-state index in [2.05, 4.69) is 31.4 Å². The Morgan fingerprint density at radius 2 is 2.25 bits per heavy atom. The van der Waals surface area contributed by atoms with Crippen molar-refractivity contribution >= 4 is 27.7 Å². The summed E-state index contributed by atoms with van der Waals surface area (Å²) in [7, 11) is 1.70. The van der Waals surface area contributed by atoms with Crippen LogP contribution in [0.3, 0.4) is 0 Å². The van der Waals surface area contributed by atoms with Crippen molar-refractivity contribution in [3.05, 3.63) is 35.9 Å². The number of piperidine rings is 1. The fourth-order valence-corrected chi connectivity index (χ4v) is 3.95. The number of imidazole rings is 1. The average Bonchev–Trinajstić information content (AvgIpc) is 3.27. The average molecular weight is 343 g/mol. The Morgan fingerprint density at radius 1 is 1.33 bits per heavy atom. The van der Waals surface area contributed by atoms with Crippen molar-refractivity contribution in [1.29, 1.82) is 0 Å². The summed E-state index contributed by atoms with van der Waals surface area (Å²) in [5.74, 6) is 2.38. The number of anilines is 1. The first kappa shape index (κ1) is 15.5. The topological polar surface area (TPSA) is 66.9 Å². The van der Waals surface area contributed by atoms with Crippen LogP contribution in [0, 0.1) is 0 Å². The minimum Gasteiger partial charge on any atom is -0.384 e. The summed E-state index contributed by atoms with van der Waals surface area (Å²) in [6.45, 7) is 2.64. The lowest BCUT2D eigenvalue weighted by atomic mass is 9.98. The van der Waals surface area contributed by atoms with Gasteiger partial charge in [-0.1, -0.05) is 12.1 Å². The summed E-state index contributed by atoms with van der Waals surface area (Å²) in [4.78, 5) is 15.3. The first-order valence-corrected chi connectivity index (χ1v) is 9.12. The molecule has 0 radical (unpaired) electrons. The van der Waals surface area contributed by atoms with Crippen LogP contribution in [0.4, 0.5) is 5.13 Å². The van der Waals surface area contributed by atoms with Crippen molar-refractivity contribution in [2.45, 2.75) is 25.2 Å². The van der Waals surface area contributed by atoms with Gasteiger partial charge in [-0.15, -0.1) is 0 Å². The minimum atomic E-state index is 0.414. The molecule has 6 nitrogen and oxygen atoms in total. The van der Waals surface area contributed by atoms with Gasteiger partial charge in [-0.2, -0.15) is 4.37 Å². The van der Waals surface area contributed by atoms with E-state index in [9.17, 15) is 0 Å². The Balaban J connectivity index is 1.49. The third-order valence-electron chi connectivity index (χ3n) is 4.47. The van der Waals surface area contributed by atoms with Crippen molar-refractivity contribution in [3.8, 4) is 0 Å². The van der Waals surface area contributed by atoms with E-state index >= 15 is 0 Å². The van der Waals surface area contributed by atoms with Crippen LogP contribution in [0.25, 0.3) is 11.0 Å². The number of methoxy groups -OCH3 is 1. The molecule has 2 aromatic heterocycles. The quantitative estimate of drug-likeness (QED) is 0.771. The Labute approximate surface area is 145 Å². The molecule has 1 aromatic carbocycles. The molecular weight excluding hydrogens is 322 g/mol. The maximum atomic E-state index is 5.10. The molecule has 3 aromatic rings. The summed E-state index contributed by atoms with van der Waals surface area (Å²) in [5, 5.41) is 1.02. The van der Waals surface area contributed by atoms with Crippen LogP contribution in [0.15, 0.2) is 24.3 Å². The number of ether oxygens (including phenoxy) is 1. The van der Waals surface area contributed by atoms with Gasteiger partial charge in [0.25, 0.3) is 0 Å². The number of fused-ring (bicyclic) bond motifs is 1. The van der Waals surface area contributed by atoms with E-state index in [4.69, 9.17) is 9.72 Å². The molecule has 1 atom stereocenters. The largest absolute Gasteiger partial charge is 0.384 e. The Bertz CT molecular complexity index is 781. The van der Waals surface area contributed by atoms with Gasteiger partial charge >= 0.3 is 0 Å². The number of hydrogen-bond donors (Lipinski definition) is 1. The monoisotopic (exact) mass is 343 g/mol. The number of aromatic nitrogens is 4. The second-order valence-corrected chi connectivity index (χ2v) is 6.89. The number of H-pyrrole nitrogens is 1. The van der Waals surface area contributed by atoms with Crippen molar-refractivity contribution < 1.29 is 4.74 Å². The minimum absolute atomic E-state index is 0.414. The Hall–Kier alpha value is -1.99. The molecule has 0 spiro atoms. The van der Waals surface area contributed by atoms with Gasteiger partial charge in [0, 0.05) is 44.1 Å². The molecular formula is C17H21N5OS. The lowest BCUT2D eigenvalue weighted by molar-refractivity contribution is 0.201. The van der Waals surface area contributed by atoms with Gasteiger partial charge in [-0.3, -0.25) is 0 Å². The number of benzene rings is 1. The molecule has 126 valence electrons. The van der Waals surface area contributed by atoms with Crippen LogP contribution in [0.2, 0.25) is 0 Å². The lowest BCUT2D eigenvalue weighted by Crippen LogP contribution is -2.34. The van der Waals surface area contributed by atoms with Crippen LogP contribution in [-0.2, 0) is 11.2 Å². The molecule has 1 saturated heterocycles. The molecule has 3 heterocycles. The second-order valence-electron chi connectivity index (χ2n) is 6.16. The number of nitrogens with zero attached hydrogens (tertiary/aromatic N) is 4. The van der Waals surface area contributed by atoms with Gasteiger partial charge in [0.05, 0.1) is 17.6 Å². The highest BCUT2D eigenvalue weighted by atomic mass is 32.1. The zero-order chi connectivity index (χ0) is 16.4. The lowest BCUT2D eigenvalue weighted by Gasteiger charge is -2.31. The summed E-state index contributed by atoms with van der Waals surface area (Å²) in [6.07, 6.45) is 3.08. The van der Waals surface area contributed by atoms with Crippen molar-refractivity contribution in [1.82, 2.24) is 19.3 Å². The molecule has 1 N–H and O–H groups in total. The summed E-state index contributed by atoms with van der Waals surface area (Å²) >= 11 is 1.49. The Morgan fingerprint density at radius 3 is 3.12 bits per heavy atom. The van der Waals surface area contributed by atoms with E-state index in [1.807, 2.05) is 12.1 Å². The van der Waals surface area contributed by atoms with Crippen LogP contribution < -0.4 is 4.90 Å². The first-order chi connectivity index (χ1) is 11.8. The van der Waals surface area contributed by atoms with Gasteiger partial charge in [-0.05, 0) is 25.0 Å².